The highest BCUT2D eigenvalue weighted by molar-refractivity contribution is 5.90. The van der Waals surface area contributed by atoms with Gasteiger partial charge in [0.05, 0.1) is 12.7 Å². The second-order valence-electron chi connectivity index (χ2n) is 13.9. The molecule has 1 aromatic rings. The number of ether oxygens (including phenoxy) is 3. The third-order valence-electron chi connectivity index (χ3n) is 12.4. The zero-order valence-corrected chi connectivity index (χ0v) is 25.4. The lowest BCUT2D eigenvalue weighted by atomic mass is 9.41. The van der Waals surface area contributed by atoms with Crippen molar-refractivity contribution in [3.05, 3.63) is 41.5 Å². The molecule has 6 heteroatoms. The quantitative estimate of drug-likeness (QED) is 0.181. The predicted octanol–water partition coefficient (Wildman–Crippen LogP) is 7.11. The third-order valence-corrected chi connectivity index (χ3v) is 12.4. The highest BCUT2D eigenvalue weighted by Crippen LogP contribution is 2.70. The Balaban J connectivity index is 1.41. The molecule has 1 aromatic carbocycles. The molecule has 4 aliphatic rings. The smallest absolute Gasteiger partial charge is 0.337 e. The first-order valence-electron chi connectivity index (χ1n) is 15.8. The number of allylic oxidation sites excluding steroid dienone is 1. The Bertz CT molecular complexity index is 1150. The van der Waals surface area contributed by atoms with Crippen LogP contribution in [0.3, 0.4) is 0 Å². The highest BCUT2D eigenvalue weighted by atomic mass is 16.5. The van der Waals surface area contributed by atoms with Gasteiger partial charge in [-0.05, 0) is 115 Å². The molecule has 0 amide bonds. The fourth-order valence-corrected chi connectivity index (χ4v) is 10.6. The number of esters is 1. The second kappa shape index (κ2) is 11.9. The van der Waals surface area contributed by atoms with Gasteiger partial charge in [-0.15, -0.1) is 0 Å². The fourth-order valence-electron chi connectivity index (χ4n) is 10.6. The Morgan fingerprint density at radius 3 is 2.44 bits per heavy atom. The number of benzene rings is 1. The van der Waals surface area contributed by atoms with E-state index in [0.29, 0.717) is 54.0 Å². The number of rotatable bonds is 9. The van der Waals surface area contributed by atoms with E-state index in [1.165, 1.54) is 26.4 Å². The van der Waals surface area contributed by atoms with Crippen LogP contribution in [-0.4, -0.2) is 38.2 Å². The lowest BCUT2D eigenvalue weighted by Crippen LogP contribution is -2.62. The number of fused-ring (bicyclic) bond motifs is 5. The summed E-state index contributed by atoms with van der Waals surface area (Å²) in [5.41, 5.74) is 1.93. The minimum absolute atomic E-state index is 0.0290. The van der Waals surface area contributed by atoms with Crippen molar-refractivity contribution in [2.75, 3.05) is 7.11 Å². The SMILES string of the molecule is CC[C@H]1[C@@H](OC=O)[C@@H]2[C@H](CC[C@]3(C)[C@@H]([C@H](C)/C=C/c4cccc(C(=O)OC)c4)CC[C@@H]23)[C@@]2(C)CC[C@@H](OC=O)C[C@@H]12. The van der Waals surface area contributed by atoms with Gasteiger partial charge in [0.25, 0.3) is 12.9 Å². The van der Waals surface area contributed by atoms with Gasteiger partial charge in [0.2, 0.25) is 0 Å². The number of carbonyl (C=O) groups excluding carboxylic acids is 3. The molecule has 11 atom stereocenters. The van der Waals surface area contributed by atoms with Gasteiger partial charge >= 0.3 is 5.97 Å². The van der Waals surface area contributed by atoms with E-state index in [4.69, 9.17) is 14.2 Å². The molecular weight excluding hydrogens is 516 g/mol. The Labute approximate surface area is 245 Å². The van der Waals surface area contributed by atoms with Gasteiger partial charge in [0, 0.05) is 5.92 Å². The summed E-state index contributed by atoms with van der Waals surface area (Å²) in [5.74, 6) is 2.69. The van der Waals surface area contributed by atoms with Gasteiger partial charge in [0.1, 0.15) is 12.2 Å². The molecule has 5 rings (SSSR count). The fraction of sp³-hybridized carbons (Fsp3) is 0.686. The first kappa shape index (κ1) is 29.8. The lowest BCUT2D eigenvalue weighted by Gasteiger charge is -2.65. The number of carbonyl (C=O) groups is 3. The highest BCUT2D eigenvalue weighted by Gasteiger charge is 2.65. The van der Waals surface area contributed by atoms with E-state index in [0.717, 1.165) is 37.7 Å². The maximum absolute atomic E-state index is 12.0. The van der Waals surface area contributed by atoms with Crippen molar-refractivity contribution in [2.45, 2.75) is 91.3 Å². The summed E-state index contributed by atoms with van der Waals surface area (Å²) in [7, 11) is 1.41. The molecule has 0 aromatic heterocycles. The maximum Gasteiger partial charge on any atom is 0.337 e. The van der Waals surface area contributed by atoms with Crippen LogP contribution >= 0.6 is 0 Å². The van der Waals surface area contributed by atoms with E-state index in [1.54, 1.807) is 6.07 Å². The van der Waals surface area contributed by atoms with E-state index < -0.39 is 0 Å². The average Bonchev–Trinajstić information content (AvgIpc) is 3.33. The molecule has 0 heterocycles. The van der Waals surface area contributed by atoms with Crippen molar-refractivity contribution in [3.63, 3.8) is 0 Å². The Morgan fingerprint density at radius 2 is 1.73 bits per heavy atom. The molecule has 0 spiro atoms. The summed E-state index contributed by atoms with van der Waals surface area (Å²) in [5, 5.41) is 0. The predicted molar refractivity (Wildman–Crippen MR) is 158 cm³/mol. The van der Waals surface area contributed by atoms with Crippen LogP contribution in [-0.2, 0) is 23.8 Å². The molecule has 0 unspecified atom stereocenters. The first-order chi connectivity index (χ1) is 19.7. The Hall–Kier alpha value is -2.63. The number of methoxy groups -OCH3 is 1. The zero-order chi connectivity index (χ0) is 29.4. The summed E-state index contributed by atoms with van der Waals surface area (Å²) in [6.45, 7) is 10.9. The summed E-state index contributed by atoms with van der Waals surface area (Å²) in [6, 6.07) is 7.60. The summed E-state index contributed by atoms with van der Waals surface area (Å²) < 4.78 is 16.5. The van der Waals surface area contributed by atoms with Crippen molar-refractivity contribution in [1.82, 2.24) is 0 Å². The van der Waals surface area contributed by atoms with Crippen LogP contribution in [0.5, 0.6) is 0 Å². The standard InChI is InChI=1S/C35H48O6/c1-6-26-30-19-25(40-20-36)14-16-35(30,4)29-15-17-34(3)27(12-13-28(34)31(29)32(26)41-21-37)22(2)10-11-23-8-7-9-24(18-23)33(38)39-5/h7-11,18,20-22,25-32H,6,12-17,19H2,1-5H3/b11-10+/t22-,25-,26-,27-,28+,29+,30+,31+,32-,34-,35-/m1/s1. The van der Waals surface area contributed by atoms with Crippen LogP contribution < -0.4 is 0 Å². The van der Waals surface area contributed by atoms with E-state index >= 15 is 0 Å². The molecule has 0 saturated heterocycles. The number of hydrogen-bond acceptors (Lipinski definition) is 6. The minimum atomic E-state index is -0.318. The number of hydrogen-bond donors (Lipinski definition) is 0. The van der Waals surface area contributed by atoms with Gasteiger partial charge < -0.3 is 14.2 Å². The van der Waals surface area contributed by atoms with Gasteiger partial charge in [-0.2, -0.15) is 0 Å². The van der Waals surface area contributed by atoms with Gasteiger partial charge in [-0.3, -0.25) is 9.59 Å². The Kier molecular flexibility index (Phi) is 8.69. The minimum Gasteiger partial charge on any atom is -0.465 e. The van der Waals surface area contributed by atoms with E-state index in [9.17, 15) is 14.4 Å². The van der Waals surface area contributed by atoms with Crippen molar-refractivity contribution >= 4 is 25.0 Å². The van der Waals surface area contributed by atoms with E-state index in [-0.39, 0.29) is 34.9 Å². The molecule has 4 saturated carbocycles. The molecule has 0 aliphatic heterocycles. The summed E-state index contributed by atoms with van der Waals surface area (Å²) in [4.78, 5) is 35.1. The monoisotopic (exact) mass is 564 g/mol. The van der Waals surface area contributed by atoms with Crippen LogP contribution in [0.2, 0.25) is 0 Å². The van der Waals surface area contributed by atoms with Gasteiger partial charge in [-0.25, -0.2) is 4.79 Å². The second-order valence-corrected chi connectivity index (χ2v) is 13.9. The van der Waals surface area contributed by atoms with E-state index in [1.807, 2.05) is 18.2 Å². The van der Waals surface area contributed by atoms with Crippen LogP contribution in [0.25, 0.3) is 6.08 Å². The Morgan fingerprint density at radius 1 is 1.00 bits per heavy atom. The largest absolute Gasteiger partial charge is 0.465 e. The first-order valence-corrected chi connectivity index (χ1v) is 15.8. The molecule has 6 nitrogen and oxygen atoms in total. The summed E-state index contributed by atoms with van der Waals surface area (Å²) in [6.07, 6.45) is 12.9. The normalized spacial score (nSPS) is 40.5. The lowest BCUT2D eigenvalue weighted by molar-refractivity contribution is -0.213. The van der Waals surface area contributed by atoms with Crippen LogP contribution in [0, 0.1) is 52.3 Å². The van der Waals surface area contributed by atoms with Crippen molar-refractivity contribution in [3.8, 4) is 0 Å². The zero-order valence-electron chi connectivity index (χ0n) is 25.4. The maximum atomic E-state index is 12.0. The molecular formula is C35H48O6. The third kappa shape index (κ3) is 5.14. The molecule has 0 bridgehead atoms. The molecule has 4 fully saturated rings. The summed E-state index contributed by atoms with van der Waals surface area (Å²) >= 11 is 0. The average molecular weight is 565 g/mol. The van der Waals surface area contributed by atoms with Crippen LogP contribution in [0.15, 0.2) is 30.3 Å². The van der Waals surface area contributed by atoms with E-state index in [2.05, 4.69) is 39.8 Å². The van der Waals surface area contributed by atoms with Gasteiger partial charge in [0.15, 0.2) is 0 Å². The molecule has 41 heavy (non-hydrogen) atoms. The van der Waals surface area contributed by atoms with Crippen LogP contribution in [0.1, 0.15) is 95.0 Å². The van der Waals surface area contributed by atoms with Crippen molar-refractivity contribution in [2.24, 2.45) is 52.3 Å². The molecule has 0 radical (unpaired) electrons. The molecule has 224 valence electrons. The molecule has 4 aliphatic carbocycles. The van der Waals surface area contributed by atoms with Crippen molar-refractivity contribution in [1.29, 1.82) is 0 Å². The van der Waals surface area contributed by atoms with Gasteiger partial charge in [-0.1, -0.05) is 52.0 Å². The molecule has 0 N–H and O–H groups in total. The van der Waals surface area contributed by atoms with Crippen molar-refractivity contribution < 1.29 is 28.6 Å². The van der Waals surface area contributed by atoms with Crippen LogP contribution in [0.4, 0.5) is 0 Å². The topological polar surface area (TPSA) is 78.9 Å².